The molecule has 0 bridgehead atoms. The Morgan fingerprint density at radius 2 is 1.92 bits per heavy atom. The lowest BCUT2D eigenvalue weighted by Gasteiger charge is -2.37. The highest BCUT2D eigenvalue weighted by molar-refractivity contribution is 5.36. The van der Waals surface area contributed by atoms with Crippen molar-refractivity contribution in [3.8, 4) is 0 Å². The molecule has 1 unspecified atom stereocenters. The topological polar surface area (TPSA) is 18.5 Å². The van der Waals surface area contributed by atoms with Crippen LogP contribution in [-0.2, 0) is 13.0 Å². The van der Waals surface area contributed by atoms with Crippen LogP contribution >= 0.6 is 0 Å². The van der Waals surface area contributed by atoms with Crippen molar-refractivity contribution in [2.75, 3.05) is 39.3 Å². The molecule has 1 fully saturated rings. The summed E-state index contributed by atoms with van der Waals surface area (Å²) in [5, 5.41) is 3.35. The van der Waals surface area contributed by atoms with E-state index in [0.717, 1.165) is 38.3 Å². The summed E-state index contributed by atoms with van der Waals surface area (Å²) in [4.78, 5) is 4.01. The first-order valence-corrected chi connectivity index (χ1v) is 8.82. The number of fused-ring (bicyclic) bond motifs is 1. The Labute approximate surface area is 141 Å². The smallest absolute Gasteiger partial charge is 0.314 e. The number of hydrogen-bond acceptors (Lipinski definition) is 3. The highest BCUT2D eigenvalue weighted by Crippen LogP contribution is 2.34. The Kier molecular flexibility index (Phi) is 5.47. The highest BCUT2D eigenvalue weighted by atomic mass is 19.4. The van der Waals surface area contributed by atoms with Gasteiger partial charge in [-0.3, -0.25) is 9.80 Å². The number of benzene rings is 1. The molecule has 2 heterocycles. The first kappa shape index (κ1) is 17.7. The fourth-order valence-corrected chi connectivity index (χ4v) is 3.94. The second-order valence-electron chi connectivity index (χ2n) is 6.82. The van der Waals surface area contributed by atoms with E-state index in [1.54, 1.807) is 4.90 Å². The predicted octanol–water partition coefficient (Wildman–Crippen LogP) is 2.96. The van der Waals surface area contributed by atoms with Gasteiger partial charge in [0.05, 0.1) is 6.54 Å². The normalized spacial score (nSPS) is 23.2. The van der Waals surface area contributed by atoms with Gasteiger partial charge in [0.2, 0.25) is 0 Å². The molecule has 1 N–H and O–H groups in total. The molecule has 6 heteroatoms. The molecule has 0 radical (unpaired) electrons. The van der Waals surface area contributed by atoms with Crippen molar-refractivity contribution in [3.05, 3.63) is 34.9 Å². The summed E-state index contributed by atoms with van der Waals surface area (Å²) in [6.07, 6.45) is -2.72. The molecule has 0 spiro atoms. The summed E-state index contributed by atoms with van der Waals surface area (Å²) in [5.74, 6) is 0. The van der Waals surface area contributed by atoms with E-state index < -0.39 is 12.7 Å². The summed E-state index contributed by atoms with van der Waals surface area (Å²) in [7, 11) is 0. The van der Waals surface area contributed by atoms with E-state index in [0.29, 0.717) is 19.4 Å². The molecule has 3 nitrogen and oxygen atoms in total. The first-order chi connectivity index (χ1) is 11.5. The van der Waals surface area contributed by atoms with Gasteiger partial charge in [0, 0.05) is 45.3 Å². The van der Waals surface area contributed by atoms with Crippen LogP contribution in [0, 0.1) is 0 Å². The Balaban J connectivity index is 1.73. The SMILES string of the molecule is CCC1c2ccc(CN3CCNCC3)cc2CCN1CC(F)(F)F. The lowest BCUT2D eigenvalue weighted by Crippen LogP contribution is -2.43. The third kappa shape index (κ3) is 4.29. The van der Waals surface area contributed by atoms with E-state index in [2.05, 4.69) is 28.4 Å². The molecule has 2 aliphatic heterocycles. The number of nitrogens with one attached hydrogen (secondary N) is 1. The van der Waals surface area contributed by atoms with E-state index in [4.69, 9.17) is 0 Å². The average molecular weight is 341 g/mol. The first-order valence-electron chi connectivity index (χ1n) is 8.82. The maximum atomic E-state index is 12.8. The van der Waals surface area contributed by atoms with Crippen molar-refractivity contribution >= 4 is 0 Å². The van der Waals surface area contributed by atoms with Crippen LogP contribution in [0.3, 0.4) is 0 Å². The van der Waals surface area contributed by atoms with Gasteiger partial charge in [0.25, 0.3) is 0 Å². The third-order valence-electron chi connectivity index (χ3n) is 5.06. The van der Waals surface area contributed by atoms with Gasteiger partial charge in [-0.05, 0) is 29.5 Å². The fourth-order valence-electron chi connectivity index (χ4n) is 3.94. The minimum Gasteiger partial charge on any atom is -0.314 e. The van der Waals surface area contributed by atoms with Crippen LogP contribution in [-0.4, -0.2) is 55.2 Å². The van der Waals surface area contributed by atoms with Crippen LogP contribution in [0.5, 0.6) is 0 Å². The zero-order chi connectivity index (χ0) is 17.2. The molecule has 1 saturated heterocycles. The van der Waals surface area contributed by atoms with Gasteiger partial charge in [0.1, 0.15) is 0 Å². The lowest BCUT2D eigenvalue weighted by molar-refractivity contribution is -0.152. The third-order valence-corrected chi connectivity index (χ3v) is 5.06. The molecule has 0 saturated carbocycles. The molecule has 3 rings (SSSR count). The number of alkyl halides is 3. The summed E-state index contributed by atoms with van der Waals surface area (Å²) in [6.45, 7) is 6.72. The van der Waals surface area contributed by atoms with E-state index in [1.165, 1.54) is 11.1 Å². The molecule has 1 aromatic carbocycles. The molecule has 0 amide bonds. The quantitative estimate of drug-likeness (QED) is 0.908. The van der Waals surface area contributed by atoms with Crippen molar-refractivity contribution in [2.24, 2.45) is 0 Å². The fraction of sp³-hybridized carbons (Fsp3) is 0.667. The number of nitrogens with zero attached hydrogens (tertiary/aromatic N) is 2. The number of halogens is 3. The lowest BCUT2D eigenvalue weighted by atomic mass is 9.89. The van der Waals surface area contributed by atoms with E-state index in [-0.39, 0.29) is 6.04 Å². The maximum Gasteiger partial charge on any atom is 0.401 e. The van der Waals surface area contributed by atoms with Gasteiger partial charge < -0.3 is 5.32 Å². The molecule has 0 aliphatic carbocycles. The van der Waals surface area contributed by atoms with Crippen LogP contribution in [0.4, 0.5) is 13.2 Å². The largest absolute Gasteiger partial charge is 0.401 e. The summed E-state index contributed by atoms with van der Waals surface area (Å²) in [5.41, 5.74) is 3.58. The molecular formula is C18H26F3N3. The standard InChI is InChI=1S/C18H26F3N3/c1-2-17-16-4-3-14(12-23-9-6-22-7-10-23)11-15(16)5-8-24(17)13-18(19,20)21/h3-4,11,17,22H,2,5-10,12-13H2,1H3. The Hall–Kier alpha value is -1.11. The Morgan fingerprint density at radius 1 is 1.17 bits per heavy atom. The van der Waals surface area contributed by atoms with Crippen LogP contribution < -0.4 is 5.32 Å². The zero-order valence-electron chi connectivity index (χ0n) is 14.2. The minimum absolute atomic E-state index is 0.122. The number of piperazine rings is 1. The molecule has 0 aromatic heterocycles. The van der Waals surface area contributed by atoms with Crippen molar-refractivity contribution < 1.29 is 13.2 Å². The summed E-state index contributed by atoms with van der Waals surface area (Å²) >= 11 is 0. The number of rotatable bonds is 4. The summed E-state index contributed by atoms with van der Waals surface area (Å²) < 4.78 is 38.4. The van der Waals surface area contributed by atoms with Crippen molar-refractivity contribution in [1.82, 2.24) is 15.1 Å². The maximum absolute atomic E-state index is 12.8. The van der Waals surface area contributed by atoms with Gasteiger partial charge in [-0.1, -0.05) is 25.1 Å². The van der Waals surface area contributed by atoms with Crippen molar-refractivity contribution in [3.63, 3.8) is 0 Å². The zero-order valence-corrected chi connectivity index (χ0v) is 14.2. The van der Waals surface area contributed by atoms with Gasteiger partial charge in [0.15, 0.2) is 0 Å². The number of hydrogen-bond donors (Lipinski definition) is 1. The van der Waals surface area contributed by atoms with Gasteiger partial charge in [-0.25, -0.2) is 0 Å². The van der Waals surface area contributed by atoms with Gasteiger partial charge >= 0.3 is 6.18 Å². The highest BCUT2D eigenvalue weighted by Gasteiger charge is 2.36. The molecular weight excluding hydrogens is 315 g/mol. The van der Waals surface area contributed by atoms with E-state index in [9.17, 15) is 13.2 Å². The van der Waals surface area contributed by atoms with Gasteiger partial charge in [-0.2, -0.15) is 13.2 Å². The Bertz CT molecular complexity index is 553. The van der Waals surface area contributed by atoms with Crippen LogP contribution in [0.25, 0.3) is 0 Å². The van der Waals surface area contributed by atoms with Crippen LogP contribution in [0.15, 0.2) is 18.2 Å². The molecule has 24 heavy (non-hydrogen) atoms. The molecule has 1 aromatic rings. The molecule has 2 aliphatic rings. The van der Waals surface area contributed by atoms with E-state index >= 15 is 0 Å². The summed E-state index contributed by atoms with van der Waals surface area (Å²) in [6, 6.07) is 6.25. The van der Waals surface area contributed by atoms with Crippen LogP contribution in [0.1, 0.15) is 36.1 Å². The second-order valence-corrected chi connectivity index (χ2v) is 6.82. The van der Waals surface area contributed by atoms with Crippen molar-refractivity contribution in [2.45, 2.75) is 38.5 Å². The van der Waals surface area contributed by atoms with Gasteiger partial charge in [-0.15, -0.1) is 0 Å². The second kappa shape index (κ2) is 7.42. The monoisotopic (exact) mass is 341 g/mol. The molecule has 134 valence electrons. The van der Waals surface area contributed by atoms with Crippen molar-refractivity contribution in [1.29, 1.82) is 0 Å². The van der Waals surface area contributed by atoms with E-state index in [1.807, 2.05) is 6.92 Å². The Morgan fingerprint density at radius 3 is 2.58 bits per heavy atom. The van der Waals surface area contributed by atoms with Crippen LogP contribution in [0.2, 0.25) is 0 Å². The molecule has 1 atom stereocenters. The predicted molar refractivity (Wildman–Crippen MR) is 89.0 cm³/mol. The minimum atomic E-state index is -4.13. The average Bonchev–Trinajstić information content (AvgIpc) is 2.54.